The van der Waals surface area contributed by atoms with Gasteiger partial charge in [0.1, 0.15) is 11.8 Å². The molecule has 0 aliphatic carbocycles. The second-order valence-corrected chi connectivity index (χ2v) is 3.74. The topological polar surface area (TPSA) is 73.1 Å². The number of hydrogen-bond acceptors (Lipinski definition) is 5. The maximum absolute atomic E-state index is 5.90. The highest BCUT2D eigenvalue weighted by Gasteiger charge is 2.22. The summed E-state index contributed by atoms with van der Waals surface area (Å²) >= 11 is 5.90. The van der Waals surface area contributed by atoms with E-state index >= 15 is 0 Å². The van der Waals surface area contributed by atoms with Crippen LogP contribution >= 0.6 is 11.6 Å². The van der Waals surface area contributed by atoms with Gasteiger partial charge in [-0.3, -0.25) is 0 Å². The van der Waals surface area contributed by atoms with Crippen molar-refractivity contribution in [3.63, 3.8) is 0 Å². The third kappa shape index (κ3) is 1.98. The number of nitrogens with zero attached hydrogens (tertiary/aromatic N) is 2. The molecule has 1 unspecified atom stereocenters. The Kier molecular flexibility index (Phi) is 2.93. The van der Waals surface area contributed by atoms with E-state index in [1.54, 1.807) is 7.05 Å². The molecule has 15 heavy (non-hydrogen) atoms. The summed E-state index contributed by atoms with van der Waals surface area (Å²) in [5.41, 5.74) is 6.08. The quantitative estimate of drug-likeness (QED) is 0.753. The largest absolute Gasteiger partial charge is 0.393 e. The molecule has 0 saturated carbocycles. The lowest BCUT2D eigenvalue weighted by molar-refractivity contribution is 0.105. The van der Waals surface area contributed by atoms with Crippen molar-refractivity contribution in [2.75, 3.05) is 24.7 Å². The molecule has 0 spiro atoms. The van der Waals surface area contributed by atoms with Crippen LogP contribution in [0.2, 0.25) is 5.15 Å². The number of ether oxygens (including phenoxy) is 1. The molecule has 0 amide bonds. The third-order valence-electron chi connectivity index (χ3n) is 2.37. The van der Waals surface area contributed by atoms with Crippen molar-refractivity contribution in [1.82, 2.24) is 9.97 Å². The van der Waals surface area contributed by atoms with Gasteiger partial charge >= 0.3 is 0 Å². The highest BCUT2D eigenvalue weighted by molar-refractivity contribution is 6.32. The molecule has 6 heteroatoms. The van der Waals surface area contributed by atoms with Crippen molar-refractivity contribution in [3.05, 3.63) is 11.0 Å². The first-order valence-electron chi connectivity index (χ1n) is 4.84. The number of rotatable bonds is 2. The Hall–Kier alpha value is -1.07. The number of aromatic nitrogens is 2. The molecule has 1 aliphatic rings. The zero-order chi connectivity index (χ0) is 10.8. The van der Waals surface area contributed by atoms with Gasteiger partial charge in [0.05, 0.1) is 0 Å². The molecule has 1 fully saturated rings. The normalized spacial score (nSPS) is 20.5. The summed E-state index contributed by atoms with van der Waals surface area (Å²) in [4.78, 5) is 8.40. The molecule has 1 aromatic heterocycles. The Bertz CT molecular complexity index is 365. The van der Waals surface area contributed by atoms with Crippen molar-refractivity contribution in [3.8, 4) is 0 Å². The van der Waals surface area contributed by atoms with Gasteiger partial charge in [0.2, 0.25) is 0 Å². The van der Waals surface area contributed by atoms with Crippen LogP contribution < -0.4 is 11.1 Å². The van der Waals surface area contributed by atoms with Crippen molar-refractivity contribution >= 4 is 23.1 Å². The van der Waals surface area contributed by atoms with E-state index in [1.807, 2.05) is 0 Å². The molecule has 2 rings (SSSR count). The minimum atomic E-state index is -0.0461. The Balaban J connectivity index is 2.35. The summed E-state index contributed by atoms with van der Waals surface area (Å²) in [5.74, 6) is 1.16. The van der Waals surface area contributed by atoms with Crippen LogP contribution in [0.15, 0.2) is 0 Å². The van der Waals surface area contributed by atoms with Crippen LogP contribution in [0, 0.1) is 0 Å². The number of nitrogens with two attached hydrogens (primary N) is 1. The van der Waals surface area contributed by atoms with Crippen LogP contribution in [0.25, 0.3) is 0 Å². The number of nitrogens with one attached hydrogen (secondary N) is 1. The zero-order valence-corrected chi connectivity index (χ0v) is 9.21. The van der Waals surface area contributed by atoms with E-state index in [2.05, 4.69) is 15.3 Å². The highest BCUT2D eigenvalue weighted by atomic mass is 35.5. The van der Waals surface area contributed by atoms with Crippen LogP contribution in [0.4, 0.5) is 11.5 Å². The summed E-state index contributed by atoms with van der Waals surface area (Å²) in [7, 11) is 1.74. The van der Waals surface area contributed by atoms with Crippen LogP contribution in [0.1, 0.15) is 24.8 Å². The van der Waals surface area contributed by atoms with Gasteiger partial charge in [0.15, 0.2) is 16.8 Å². The van der Waals surface area contributed by atoms with E-state index in [1.165, 1.54) is 0 Å². The van der Waals surface area contributed by atoms with Crippen molar-refractivity contribution < 1.29 is 4.74 Å². The van der Waals surface area contributed by atoms with Gasteiger partial charge in [0, 0.05) is 13.7 Å². The van der Waals surface area contributed by atoms with Gasteiger partial charge < -0.3 is 15.8 Å². The van der Waals surface area contributed by atoms with E-state index in [9.17, 15) is 0 Å². The van der Waals surface area contributed by atoms with Crippen LogP contribution in [0.3, 0.4) is 0 Å². The molecule has 5 nitrogen and oxygen atoms in total. The van der Waals surface area contributed by atoms with Crippen molar-refractivity contribution in [1.29, 1.82) is 0 Å². The van der Waals surface area contributed by atoms with E-state index in [0.29, 0.717) is 17.3 Å². The first kappa shape index (κ1) is 10.4. The van der Waals surface area contributed by atoms with E-state index < -0.39 is 0 Å². The van der Waals surface area contributed by atoms with Gasteiger partial charge in [-0.25, -0.2) is 9.97 Å². The Labute approximate surface area is 93.0 Å². The molecule has 1 aliphatic heterocycles. The predicted octanol–water partition coefficient (Wildman–Crippen LogP) is 1.61. The number of hydrogen-bond donors (Lipinski definition) is 2. The average molecular weight is 229 g/mol. The minimum absolute atomic E-state index is 0.0461. The fraction of sp³-hybridized carbons (Fsp3) is 0.556. The van der Waals surface area contributed by atoms with Gasteiger partial charge in [-0.05, 0) is 12.8 Å². The lowest BCUT2D eigenvalue weighted by Gasteiger charge is -2.11. The predicted molar refractivity (Wildman–Crippen MR) is 58.9 cm³/mol. The number of anilines is 2. The maximum Gasteiger partial charge on any atom is 0.161 e. The summed E-state index contributed by atoms with van der Waals surface area (Å²) in [6.45, 7) is 0.755. The SMILES string of the molecule is CNc1nc(C2CCCO2)nc(Cl)c1N. The number of nitrogen functional groups attached to an aromatic ring is 1. The fourth-order valence-electron chi connectivity index (χ4n) is 1.57. The van der Waals surface area contributed by atoms with E-state index in [4.69, 9.17) is 22.1 Å². The van der Waals surface area contributed by atoms with Gasteiger partial charge in [0.25, 0.3) is 0 Å². The highest BCUT2D eigenvalue weighted by Crippen LogP contribution is 2.30. The molecular weight excluding hydrogens is 216 g/mol. The molecule has 2 heterocycles. The summed E-state index contributed by atoms with van der Waals surface area (Å²) in [6, 6.07) is 0. The molecule has 0 bridgehead atoms. The molecule has 0 radical (unpaired) electrons. The molecule has 0 aromatic carbocycles. The first-order chi connectivity index (χ1) is 7.22. The van der Waals surface area contributed by atoms with Crippen LogP contribution in [-0.4, -0.2) is 23.6 Å². The Morgan fingerprint density at radius 2 is 2.33 bits per heavy atom. The standard InChI is InChI=1S/C9H13ClN4O/c1-12-9-6(11)7(10)13-8(14-9)5-3-2-4-15-5/h5H,2-4,11H2,1H3,(H,12,13,14). The molecule has 1 aromatic rings. The van der Waals surface area contributed by atoms with Crippen LogP contribution in [-0.2, 0) is 4.74 Å². The number of halogens is 1. The average Bonchev–Trinajstić information content (AvgIpc) is 2.75. The maximum atomic E-state index is 5.90. The van der Waals surface area contributed by atoms with Crippen molar-refractivity contribution in [2.45, 2.75) is 18.9 Å². The second kappa shape index (κ2) is 4.20. The minimum Gasteiger partial charge on any atom is -0.393 e. The van der Waals surface area contributed by atoms with E-state index in [0.717, 1.165) is 19.4 Å². The van der Waals surface area contributed by atoms with Crippen LogP contribution in [0.5, 0.6) is 0 Å². The summed E-state index contributed by atoms with van der Waals surface area (Å²) < 4.78 is 5.48. The molecule has 1 atom stereocenters. The lowest BCUT2D eigenvalue weighted by atomic mass is 10.2. The zero-order valence-electron chi connectivity index (χ0n) is 8.46. The Morgan fingerprint density at radius 1 is 1.53 bits per heavy atom. The van der Waals surface area contributed by atoms with Gasteiger partial charge in [-0.2, -0.15) is 0 Å². The molecule has 82 valence electrons. The van der Waals surface area contributed by atoms with Gasteiger partial charge in [-0.15, -0.1) is 0 Å². The molecule has 1 saturated heterocycles. The molecule has 3 N–H and O–H groups in total. The fourth-order valence-corrected chi connectivity index (χ4v) is 1.75. The van der Waals surface area contributed by atoms with Gasteiger partial charge in [-0.1, -0.05) is 11.6 Å². The monoisotopic (exact) mass is 228 g/mol. The molecular formula is C9H13ClN4O. The second-order valence-electron chi connectivity index (χ2n) is 3.39. The Morgan fingerprint density at radius 3 is 2.93 bits per heavy atom. The summed E-state index contributed by atoms with van der Waals surface area (Å²) in [6.07, 6.45) is 1.92. The van der Waals surface area contributed by atoms with E-state index in [-0.39, 0.29) is 11.3 Å². The third-order valence-corrected chi connectivity index (χ3v) is 2.66. The van der Waals surface area contributed by atoms with Crippen molar-refractivity contribution in [2.24, 2.45) is 0 Å². The smallest absolute Gasteiger partial charge is 0.161 e. The first-order valence-corrected chi connectivity index (χ1v) is 5.22. The summed E-state index contributed by atoms with van der Waals surface area (Å²) in [5, 5.41) is 3.16. The lowest BCUT2D eigenvalue weighted by Crippen LogP contribution is -2.08.